The maximum Gasteiger partial charge on any atom is 0.333 e. The van der Waals surface area contributed by atoms with Crippen molar-refractivity contribution >= 4 is 11.4 Å². The predicted octanol–water partition coefficient (Wildman–Crippen LogP) is 4.52. The van der Waals surface area contributed by atoms with Gasteiger partial charge in [0, 0.05) is 18.7 Å². The van der Waals surface area contributed by atoms with Crippen molar-refractivity contribution in [2.45, 2.75) is 32.9 Å². The molecule has 0 bridgehead atoms. The van der Waals surface area contributed by atoms with E-state index in [1.54, 1.807) is 20.8 Å². The number of hydrogen-bond donors (Lipinski definition) is 1. The summed E-state index contributed by atoms with van der Waals surface area (Å²) in [7, 11) is 0. The Morgan fingerprint density at radius 3 is 2.43 bits per heavy atom. The minimum Gasteiger partial charge on any atom is -0.481 e. The van der Waals surface area contributed by atoms with Crippen molar-refractivity contribution in [3.8, 4) is 5.75 Å². The zero-order valence-corrected chi connectivity index (χ0v) is 13.3. The average Bonchev–Trinajstić information content (AvgIpc) is 2.43. The molecule has 2 aromatic carbocycles. The zero-order chi connectivity index (χ0) is 17.0. The van der Waals surface area contributed by atoms with Gasteiger partial charge in [-0.3, -0.25) is 10.1 Å². The third kappa shape index (κ3) is 4.67. The Bertz CT molecular complexity index is 697. The van der Waals surface area contributed by atoms with Crippen molar-refractivity contribution in [2.75, 3.05) is 5.32 Å². The number of anilines is 1. The molecule has 0 aliphatic rings. The second-order valence-corrected chi connectivity index (χ2v) is 6.11. The minimum atomic E-state index is -0.671. The Labute approximate surface area is 134 Å². The maximum absolute atomic E-state index is 13.8. The van der Waals surface area contributed by atoms with Crippen molar-refractivity contribution in [3.05, 3.63) is 64.0 Å². The van der Waals surface area contributed by atoms with Crippen LogP contribution < -0.4 is 10.1 Å². The number of ether oxygens (including phenoxy) is 1. The Balaban J connectivity index is 2.35. The summed E-state index contributed by atoms with van der Waals surface area (Å²) in [4.78, 5) is 10.9. The lowest BCUT2D eigenvalue weighted by Crippen LogP contribution is -2.23. The van der Waals surface area contributed by atoms with Gasteiger partial charge in [-0.05, 0) is 26.3 Å². The van der Waals surface area contributed by atoms with Gasteiger partial charge in [0.2, 0.25) is 5.75 Å². The lowest BCUT2D eigenvalue weighted by atomic mass is 10.1. The molecule has 1 N–H and O–H groups in total. The molecule has 0 aliphatic heterocycles. The molecule has 0 aromatic heterocycles. The summed E-state index contributed by atoms with van der Waals surface area (Å²) in [5.74, 6) is -0.677. The number of nitro benzene ring substituents is 1. The van der Waals surface area contributed by atoms with Gasteiger partial charge in [-0.25, -0.2) is 4.39 Å². The molecule has 0 saturated heterocycles. The summed E-state index contributed by atoms with van der Waals surface area (Å²) >= 11 is 0. The van der Waals surface area contributed by atoms with E-state index in [4.69, 9.17) is 4.74 Å². The van der Waals surface area contributed by atoms with E-state index in [0.29, 0.717) is 6.54 Å². The number of nitrogens with zero attached hydrogens (tertiary/aromatic N) is 1. The highest BCUT2D eigenvalue weighted by molar-refractivity contribution is 5.69. The first kappa shape index (κ1) is 16.7. The molecule has 2 rings (SSSR count). The van der Waals surface area contributed by atoms with Gasteiger partial charge >= 0.3 is 5.69 Å². The second kappa shape index (κ2) is 6.64. The summed E-state index contributed by atoms with van der Waals surface area (Å²) in [6, 6.07) is 11.5. The fourth-order valence-electron chi connectivity index (χ4n) is 2.10. The first-order chi connectivity index (χ1) is 10.8. The lowest BCUT2D eigenvalue weighted by Gasteiger charge is -2.22. The highest BCUT2D eigenvalue weighted by Crippen LogP contribution is 2.38. The van der Waals surface area contributed by atoms with Gasteiger partial charge in [-0.15, -0.1) is 0 Å². The Morgan fingerprint density at radius 2 is 1.87 bits per heavy atom. The third-order valence-corrected chi connectivity index (χ3v) is 2.96. The number of rotatable bonds is 5. The second-order valence-electron chi connectivity index (χ2n) is 6.11. The summed E-state index contributed by atoms with van der Waals surface area (Å²) in [5.41, 5.74) is 0.0922. The molecule has 23 heavy (non-hydrogen) atoms. The van der Waals surface area contributed by atoms with E-state index in [1.165, 1.54) is 0 Å². The van der Waals surface area contributed by atoms with Crippen molar-refractivity contribution in [1.82, 2.24) is 0 Å². The van der Waals surface area contributed by atoms with Crippen LogP contribution in [0.15, 0.2) is 42.5 Å². The molecule has 0 spiro atoms. The standard InChI is InChI=1S/C17H19FN2O3/c1-17(2,3)23-15-10-13(18)9-14(16(15)20(21)22)19-11-12-7-5-4-6-8-12/h4-10,19H,11H2,1-3H3. The number of halogens is 1. The van der Waals surface area contributed by atoms with Gasteiger partial charge in [-0.1, -0.05) is 30.3 Å². The van der Waals surface area contributed by atoms with Crippen LogP contribution in [-0.4, -0.2) is 10.5 Å². The molecule has 2 aromatic rings. The number of nitrogens with one attached hydrogen (secondary N) is 1. The molecular formula is C17H19FN2O3. The molecule has 6 heteroatoms. The van der Waals surface area contributed by atoms with Gasteiger partial charge in [0.15, 0.2) is 0 Å². The molecule has 0 heterocycles. The van der Waals surface area contributed by atoms with Crippen LogP contribution in [0.1, 0.15) is 26.3 Å². The van der Waals surface area contributed by atoms with E-state index >= 15 is 0 Å². The molecular weight excluding hydrogens is 299 g/mol. The molecule has 0 atom stereocenters. The van der Waals surface area contributed by atoms with Crippen LogP contribution in [0.5, 0.6) is 5.75 Å². The van der Waals surface area contributed by atoms with Crippen LogP contribution in [0, 0.1) is 15.9 Å². The predicted molar refractivity (Wildman–Crippen MR) is 87.2 cm³/mol. The minimum absolute atomic E-state index is 0.0851. The fourth-order valence-corrected chi connectivity index (χ4v) is 2.10. The molecule has 5 nitrogen and oxygen atoms in total. The van der Waals surface area contributed by atoms with E-state index in [1.807, 2.05) is 30.3 Å². The number of benzene rings is 2. The van der Waals surface area contributed by atoms with Crippen molar-refractivity contribution in [1.29, 1.82) is 0 Å². The van der Waals surface area contributed by atoms with Crippen LogP contribution in [-0.2, 0) is 6.54 Å². The maximum atomic E-state index is 13.8. The van der Waals surface area contributed by atoms with Crippen LogP contribution in [0.2, 0.25) is 0 Å². The number of hydrogen-bond acceptors (Lipinski definition) is 4. The Morgan fingerprint density at radius 1 is 1.22 bits per heavy atom. The van der Waals surface area contributed by atoms with Crippen LogP contribution >= 0.6 is 0 Å². The first-order valence-electron chi connectivity index (χ1n) is 7.21. The van der Waals surface area contributed by atoms with Crippen LogP contribution in [0.4, 0.5) is 15.8 Å². The van der Waals surface area contributed by atoms with E-state index in [9.17, 15) is 14.5 Å². The summed E-state index contributed by atoms with van der Waals surface area (Å²) in [6.07, 6.45) is 0. The molecule has 0 saturated carbocycles. The summed E-state index contributed by atoms with van der Waals surface area (Å²) in [5, 5.41) is 14.3. The van der Waals surface area contributed by atoms with E-state index < -0.39 is 16.3 Å². The van der Waals surface area contributed by atoms with Crippen molar-refractivity contribution in [3.63, 3.8) is 0 Å². The molecule has 0 amide bonds. The molecule has 0 unspecified atom stereocenters. The number of nitro groups is 1. The van der Waals surface area contributed by atoms with Gasteiger partial charge in [0.1, 0.15) is 17.1 Å². The average molecular weight is 318 g/mol. The first-order valence-corrected chi connectivity index (χ1v) is 7.21. The van der Waals surface area contributed by atoms with Gasteiger partial charge in [-0.2, -0.15) is 0 Å². The SMILES string of the molecule is CC(C)(C)Oc1cc(F)cc(NCc2ccccc2)c1[N+](=O)[O-]. The highest BCUT2D eigenvalue weighted by atomic mass is 19.1. The molecule has 0 aliphatic carbocycles. The van der Waals surface area contributed by atoms with E-state index in [0.717, 1.165) is 17.7 Å². The van der Waals surface area contributed by atoms with Crippen LogP contribution in [0.25, 0.3) is 0 Å². The third-order valence-electron chi connectivity index (χ3n) is 2.96. The quantitative estimate of drug-likeness (QED) is 0.650. The van der Waals surface area contributed by atoms with E-state index in [-0.39, 0.29) is 17.1 Å². The van der Waals surface area contributed by atoms with Crippen LogP contribution in [0.3, 0.4) is 0 Å². The monoisotopic (exact) mass is 318 g/mol. The van der Waals surface area contributed by atoms with Gasteiger partial charge < -0.3 is 10.1 Å². The zero-order valence-electron chi connectivity index (χ0n) is 13.3. The largest absolute Gasteiger partial charge is 0.481 e. The topological polar surface area (TPSA) is 64.4 Å². The highest BCUT2D eigenvalue weighted by Gasteiger charge is 2.26. The summed E-state index contributed by atoms with van der Waals surface area (Å²) in [6.45, 7) is 5.59. The van der Waals surface area contributed by atoms with Gasteiger partial charge in [0.25, 0.3) is 0 Å². The molecule has 122 valence electrons. The lowest BCUT2D eigenvalue weighted by molar-refractivity contribution is -0.385. The summed E-state index contributed by atoms with van der Waals surface area (Å²) < 4.78 is 19.4. The molecule has 0 radical (unpaired) electrons. The van der Waals surface area contributed by atoms with Crippen molar-refractivity contribution in [2.24, 2.45) is 0 Å². The van der Waals surface area contributed by atoms with E-state index in [2.05, 4.69) is 5.32 Å². The van der Waals surface area contributed by atoms with Gasteiger partial charge in [0.05, 0.1) is 4.92 Å². The Kier molecular flexibility index (Phi) is 4.83. The Hall–Kier alpha value is -2.63. The fraction of sp³-hybridized carbons (Fsp3) is 0.294. The van der Waals surface area contributed by atoms with Crippen molar-refractivity contribution < 1.29 is 14.1 Å². The molecule has 0 fully saturated rings. The normalized spacial score (nSPS) is 11.1. The smallest absolute Gasteiger partial charge is 0.333 e.